The molecule has 1 heterocycles. The van der Waals surface area contributed by atoms with Gasteiger partial charge in [0.1, 0.15) is 5.70 Å². The molecule has 1 fully saturated rings. The zero-order valence-corrected chi connectivity index (χ0v) is 12.3. The lowest BCUT2D eigenvalue weighted by Gasteiger charge is -2.42. The SMILES string of the molecule is CC(C)(C)[C@H]1CC=C([N+]2(C)CCCCC2)CC1. The maximum absolute atomic E-state index is 2.59. The van der Waals surface area contributed by atoms with Gasteiger partial charge < -0.3 is 0 Å². The van der Waals surface area contributed by atoms with Crippen LogP contribution in [0.3, 0.4) is 0 Å². The van der Waals surface area contributed by atoms with Gasteiger partial charge in [-0.15, -0.1) is 0 Å². The first-order valence-corrected chi connectivity index (χ1v) is 7.46. The molecule has 1 heteroatoms. The molecule has 0 aromatic carbocycles. The normalized spacial score (nSPS) is 29.9. The molecular weight excluding hydrogens is 206 g/mol. The summed E-state index contributed by atoms with van der Waals surface area (Å²) in [6.45, 7) is 9.95. The van der Waals surface area contributed by atoms with E-state index in [0.29, 0.717) is 5.41 Å². The van der Waals surface area contributed by atoms with E-state index in [1.54, 1.807) is 5.70 Å². The van der Waals surface area contributed by atoms with Crippen molar-refractivity contribution in [3.05, 3.63) is 11.8 Å². The van der Waals surface area contributed by atoms with Crippen molar-refractivity contribution in [2.75, 3.05) is 20.1 Å². The number of rotatable bonds is 1. The van der Waals surface area contributed by atoms with Crippen molar-refractivity contribution in [2.45, 2.75) is 59.3 Å². The van der Waals surface area contributed by atoms with Crippen LogP contribution in [0.25, 0.3) is 0 Å². The van der Waals surface area contributed by atoms with E-state index in [4.69, 9.17) is 0 Å². The summed E-state index contributed by atoms with van der Waals surface area (Å²) in [6, 6.07) is 0. The van der Waals surface area contributed by atoms with Crippen molar-refractivity contribution in [3.63, 3.8) is 0 Å². The first-order valence-electron chi connectivity index (χ1n) is 7.46. The van der Waals surface area contributed by atoms with Crippen molar-refractivity contribution in [2.24, 2.45) is 11.3 Å². The average Bonchev–Trinajstić information content (AvgIpc) is 2.29. The highest BCUT2D eigenvalue weighted by Crippen LogP contribution is 2.39. The molecule has 2 aliphatic rings. The summed E-state index contributed by atoms with van der Waals surface area (Å²) in [4.78, 5) is 0. The number of allylic oxidation sites excluding steroid dienone is 2. The first-order chi connectivity index (χ1) is 7.92. The Morgan fingerprint density at radius 3 is 2.24 bits per heavy atom. The maximum atomic E-state index is 2.59. The van der Waals surface area contributed by atoms with Crippen molar-refractivity contribution >= 4 is 0 Å². The highest BCUT2D eigenvalue weighted by Gasteiger charge is 2.34. The first kappa shape index (κ1) is 13.1. The summed E-state index contributed by atoms with van der Waals surface area (Å²) in [5, 5.41) is 0. The Hall–Kier alpha value is -0.300. The predicted molar refractivity (Wildman–Crippen MR) is 74.6 cm³/mol. The predicted octanol–water partition coefficient (Wildman–Crippen LogP) is 4.35. The van der Waals surface area contributed by atoms with E-state index in [-0.39, 0.29) is 0 Å². The smallest absolute Gasteiger partial charge is 0.105 e. The van der Waals surface area contributed by atoms with Gasteiger partial charge in [-0.05, 0) is 49.5 Å². The molecule has 0 N–H and O–H groups in total. The second-order valence-corrected chi connectivity index (χ2v) is 7.44. The van der Waals surface area contributed by atoms with E-state index in [1.165, 1.54) is 56.1 Å². The molecule has 1 nitrogen and oxygen atoms in total. The number of hydrogen-bond acceptors (Lipinski definition) is 0. The molecule has 0 aromatic heterocycles. The third-order valence-corrected chi connectivity index (χ3v) is 5.11. The highest BCUT2D eigenvalue weighted by molar-refractivity contribution is 5.02. The standard InChI is InChI=1S/C16H30N/c1-16(2,3)14-8-10-15(11-9-14)17(4)12-6-5-7-13-17/h10,14H,5-9,11-13H2,1-4H3/q+1/t14-/m0/s1. The minimum atomic E-state index is 0.489. The van der Waals surface area contributed by atoms with Crippen molar-refractivity contribution in [1.29, 1.82) is 0 Å². The molecule has 2 rings (SSSR count). The minimum Gasteiger partial charge on any atom is -0.297 e. The van der Waals surface area contributed by atoms with Crippen LogP contribution in [0.1, 0.15) is 59.3 Å². The Bertz CT molecular complexity index is 289. The van der Waals surface area contributed by atoms with Crippen molar-refractivity contribution < 1.29 is 4.48 Å². The zero-order valence-electron chi connectivity index (χ0n) is 12.3. The second kappa shape index (κ2) is 4.76. The van der Waals surface area contributed by atoms with Crippen molar-refractivity contribution in [3.8, 4) is 0 Å². The van der Waals surface area contributed by atoms with Gasteiger partial charge >= 0.3 is 0 Å². The van der Waals surface area contributed by atoms with Gasteiger partial charge in [0.2, 0.25) is 0 Å². The zero-order chi connectivity index (χ0) is 12.5. The molecule has 17 heavy (non-hydrogen) atoms. The third kappa shape index (κ3) is 2.93. The summed E-state index contributed by atoms with van der Waals surface area (Å²) in [5.74, 6) is 0.891. The number of hydrogen-bond donors (Lipinski definition) is 0. The van der Waals surface area contributed by atoms with E-state index in [2.05, 4.69) is 33.9 Å². The number of nitrogens with zero attached hydrogens (tertiary/aromatic N) is 1. The van der Waals surface area contributed by atoms with Gasteiger partial charge in [-0.1, -0.05) is 20.8 Å². The number of likely N-dealkylation sites (tertiary alicyclic amines) is 1. The number of piperidine rings is 1. The molecule has 0 bridgehead atoms. The largest absolute Gasteiger partial charge is 0.297 e. The second-order valence-electron chi connectivity index (χ2n) is 7.44. The molecule has 1 aliphatic carbocycles. The maximum Gasteiger partial charge on any atom is 0.105 e. The summed E-state index contributed by atoms with van der Waals surface area (Å²) < 4.78 is 1.26. The molecule has 0 radical (unpaired) electrons. The fourth-order valence-electron chi connectivity index (χ4n) is 3.59. The molecule has 0 spiro atoms. The Morgan fingerprint density at radius 1 is 1.12 bits per heavy atom. The summed E-state index contributed by atoms with van der Waals surface area (Å²) in [7, 11) is 2.46. The van der Waals surface area contributed by atoms with Crippen LogP contribution in [-0.4, -0.2) is 24.6 Å². The summed E-state index contributed by atoms with van der Waals surface area (Å²) in [6.07, 6.45) is 11.0. The van der Waals surface area contributed by atoms with Crippen LogP contribution in [0.5, 0.6) is 0 Å². The van der Waals surface area contributed by atoms with Crippen LogP contribution < -0.4 is 0 Å². The number of quaternary nitrogens is 1. The van der Waals surface area contributed by atoms with Crippen LogP contribution in [-0.2, 0) is 0 Å². The van der Waals surface area contributed by atoms with Gasteiger partial charge in [-0.3, -0.25) is 4.48 Å². The minimum absolute atomic E-state index is 0.489. The molecule has 1 aliphatic heterocycles. The Labute approximate surface area is 107 Å². The lowest BCUT2D eigenvalue weighted by atomic mass is 9.73. The fraction of sp³-hybridized carbons (Fsp3) is 0.875. The van der Waals surface area contributed by atoms with Crippen LogP contribution in [0.4, 0.5) is 0 Å². The molecule has 0 unspecified atom stereocenters. The lowest BCUT2D eigenvalue weighted by molar-refractivity contribution is -0.879. The van der Waals surface area contributed by atoms with Gasteiger partial charge in [-0.2, -0.15) is 0 Å². The molecule has 0 aromatic rings. The van der Waals surface area contributed by atoms with Gasteiger partial charge in [0.05, 0.1) is 20.1 Å². The lowest BCUT2D eigenvalue weighted by Crippen LogP contribution is -2.47. The van der Waals surface area contributed by atoms with E-state index in [1.807, 2.05) is 0 Å². The highest BCUT2D eigenvalue weighted by atomic mass is 15.3. The van der Waals surface area contributed by atoms with Crippen LogP contribution in [0.15, 0.2) is 11.8 Å². The van der Waals surface area contributed by atoms with Gasteiger partial charge in [0.25, 0.3) is 0 Å². The third-order valence-electron chi connectivity index (χ3n) is 5.11. The Kier molecular flexibility index (Phi) is 3.68. The van der Waals surface area contributed by atoms with E-state index < -0.39 is 0 Å². The quantitative estimate of drug-likeness (QED) is 0.594. The summed E-state index contributed by atoms with van der Waals surface area (Å²) >= 11 is 0. The molecule has 98 valence electrons. The van der Waals surface area contributed by atoms with Crippen LogP contribution >= 0.6 is 0 Å². The topological polar surface area (TPSA) is 0 Å². The van der Waals surface area contributed by atoms with Crippen LogP contribution in [0, 0.1) is 11.3 Å². The van der Waals surface area contributed by atoms with Crippen LogP contribution in [0.2, 0.25) is 0 Å². The van der Waals surface area contributed by atoms with Gasteiger partial charge in [0.15, 0.2) is 0 Å². The Balaban J connectivity index is 2.02. The molecule has 1 saturated heterocycles. The monoisotopic (exact) mass is 236 g/mol. The van der Waals surface area contributed by atoms with E-state index in [0.717, 1.165) is 5.92 Å². The molecule has 0 saturated carbocycles. The van der Waals surface area contributed by atoms with Gasteiger partial charge in [-0.25, -0.2) is 0 Å². The van der Waals surface area contributed by atoms with E-state index >= 15 is 0 Å². The van der Waals surface area contributed by atoms with Crippen molar-refractivity contribution in [1.82, 2.24) is 0 Å². The van der Waals surface area contributed by atoms with Gasteiger partial charge in [0, 0.05) is 6.42 Å². The fourth-order valence-corrected chi connectivity index (χ4v) is 3.59. The molecule has 0 amide bonds. The summed E-state index contributed by atoms with van der Waals surface area (Å²) in [5.41, 5.74) is 2.23. The van der Waals surface area contributed by atoms with E-state index in [9.17, 15) is 0 Å². The average molecular weight is 236 g/mol. The molecule has 1 atom stereocenters. The molecular formula is C16H30N+. The Morgan fingerprint density at radius 2 is 1.76 bits per heavy atom.